The van der Waals surface area contributed by atoms with Gasteiger partial charge in [0.1, 0.15) is 19.0 Å². The molecule has 0 unspecified atom stereocenters. The third-order valence-electron chi connectivity index (χ3n) is 4.44. The van der Waals surface area contributed by atoms with E-state index in [1.54, 1.807) is 0 Å². The topological polar surface area (TPSA) is 47.6 Å². The molecule has 1 aliphatic heterocycles. The highest BCUT2D eigenvalue weighted by atomic mass is 16.6. The van der Waals surface area contributed by atoms with Crippen LogP contribution in [0.5, 0.6) is 5.75 Å². The number of rotatable bonds is 7. The first-order chi connectivity index (χ1) is 12.3. The van der Waals surface area contributed by atoms with Gasteiger partial charge >= 0.3 is 5.97 Å². The molecular formula is C21H25NO3. The second-order valence-electron chi connectivity index (χ2n) is 6.35. The molecule has 0 atom stereocenters. The lowest BCUT2D eigenvalue weighted by Crippen LogP contribution is -2.33. The van der Waals surface area contributed by atoms with Crippen LogP contribution in [-0.4, -0.2) is 32.3 Å². The van der Waals surface area contributed by atoms with Gasteiger partial charge < -0.3 is 14.8 Å². The minimum absolute atomic E-state index is 0.0403. The Labute approximate surface area is 149 Å². The van der Waals surface area contributed by atoms with E-state index in [-0.39, 0.29) is 11.9 Å². The molecule has 0 saturated carbocycles. The van der Waals surface area contributed by atoms with Gasteiger partial charge in [0.05, 0.1) is 5.92 Å². The number of nitrogens with one attached hydrogen (secondary N) is 1. The SMILES string of the molecule is O=C(OCCOc1ccc(Cc2ccccc2)cc1)C1CCNCC1. The maximum absolute atomic E-state index is 11.9. The number of benzene rings is 2. The Bertz CT molecular complexity index is 649. The van der Waals surface area contributed by atoms with Crippen LogP contribution < -0.4 is 10.1 Å². The van der Waals surface area contributed by atoms with E-state index in [9.17, 15) is 4.79 Å². The Morgan fingerprint density at radius 2 is 1.60 bits per heavy atom. The number of ether oxygens (including phenoxy) is 2. The number of hydrogen-bond donors (Lipinski definition) is 1. The van der Waals surface area contributed by atoms with Crippen LogP contribution >= 0.6 is 0 Å². The smallest absolute Gasteiger partial charge is 0.309 e. The van der Waals surface area contributed by atoms with Crippen molar-refractivity contribution in [2.24, 2.45) is 5.92 Å². The molecule has 1 heterocycles. The second-order valence-corrected chi connectivity index (χ2v) is 6.35. The van der Waals surface area contributed by atoms with Gasteiger partial charge in [-0.1, -0.05) is 42.5 Å². The molecule has 1 saturated heterocycles. The van der Waals surface area contributed by atoms with E-state index in [1.165, 1.54) is 11.1 Å². The number of esters is 1. The number of piperidine rings is 1. The average molecular weight is 339 g/mol. The zero-order valence-corrected chi connectivity index (χ0v) is 14.4. The predicted molar refractivity (Wildman–Crippen MR) is 97.7 cm³/mol. The lowest BCUT2D eigenvalue weighted by Gasteiger charge is -2.20. The largest absolute Gasteiger partial charge is 0.490 e. The van der Waals surface area contributed by atoms with Crippen LogP contribution in [0.2, 0.25) is 0 Å². The molecular weight excluding hydrogens is 314 g/mol. The molecule has 3 rings (SSSR count). The summed E-state index contributed by atoms with van der Waals surface area (Å²) >= 11 is 0. The average Bonchev–Trinajstić information content (AvgIpc) is 2.68. The first kappa shape index (κ1) is 17.5. The maximum Gasteiger partial charge on any atom is 0.309 e. The molecule has 25 heavy (non-hydrogen) atoms. The van der Waals surface area contributed by atoms with E-state index >= 15 is 0 Å². The van der Waals surface area contributed by atoms with Crippen molar-refractivity contribution in [2.75, 3.05) is 26.3 Å². The van der Waals surface area contributed by atoms with Gasteiger partial charge in [-0.05, 0) is 55.6 Å². The summed E-state index contributed by atoms with van der Waals surface area (Å²) in [4.78, 5) is 11.9. The van der Waals surface area contributed by atoms with Crippen LogP contribution in [0.15, 0.2) is 54.6 Å². The van der Waals surface area contributed by atoms with E-state index in [2.05, 4.69) is 41.7 Å². The van der Waals surface area contributed by atoms with Gasteiger partial charge in [-0.15, -0.1) is 0 Å². The molecule has 2 aromatic rings. The molecule has 132 valence electrons. The van der Waals surface area contributed by atoms with Crippen LogP contribution in [0.1, 0.15) is 24.0 Å². The molecule has 1 aliphatic rings. The summed E-state index contributed by atoms with van der Waals surface area (Å²) in [7, 11) is 0. The fraction of sp³-hybridized carbons (Fsp3) is 0.381. The summed E-state index contributed by atoms with van der Waals surface area (Å²) in [6, 6.07) is 18.5. The van der Waals surface area contributed by atoms with Gasteiger partial charge in [-0.25, -0.2) is 0 Å². The third kappa shape index (κ3) is 5.61. The number of carbonyl (C=O) groups is 1. The number of hydrogen-bond acceptors (Lipinski definition) is 4. The zero-order chi connectivity index (χ0) is 17.3. The minimum atomic E-state index is -0.0942. The lowest BCUT2D eigenvalue weighted by molar-refractivity contribution is -0.150. The molecule has 4 nitrogen and oxygen atoms in total. The van der Waals surface area contributed by atoms with Gasteiger partial charge in [-0.2, -0.15) is 0 Å². The van der Waals surface area contributed by atoms with Crippen LogP contribution in [-0.2, 0) is 16.0 Å². The standard InChI is InChI=1S/C21H25NO3/c23-21(19-10-12-22-13-11-19)25-15-14-24-20-8-6-18(7-9-20)16-17-4-2-1-3-5-17/h1-9,19,22H,10-16H2. The molecule has 0 amide bonds. The molecule has 1 fully saturated rings. The first-order valence-corrected chi connectivity index (χ1v) is 8.94. The van der Waals surface area contributed by atoms with Crippen molar-refractivity contribution in [3.8, 4) is 5.75 Å². The van der Waals surface area contributed by atoms with Crippen molar-refractivity contribution in [2.45, 2.75) is 19.3 Å². The van der Waals surface area contributed by atoms with Crippen LogP contribution in [0.3, 0.4) is 0 Å². The predicted octanol–water partition coefficient (Wildman–Crippen LogP) is 3.20. The van der Waals surface area contributed by atoms with E-state index in [4.69, 9.17) is 9.47 Å². The fourth-order valence-corrected chi connectivity index (χ4v) is 3.01. The lowest BCUT2D eigenvalue weighted by atomic mass is 9.99. The molecule has 1 N–H and O–H groups in total. The summed E-state index contributed by atoms with van der Waals surface area (Å²) in [6.07, 6.45) is 2.64. The van der Waals surface area contributed by atoms with Crippen LogP contribution in [0.4, 0.5) is 0 Å². The fourth-order valence-electron chi connectivity index (χ4n) is 3.01. The van der Waals surface area contributed by atoms with Crippen molar-refractivity contribution in [3.05, 3.63) is 65.7 Å². The highest BCUT2D eigenvalue weighted by Crippen LogP contribution is 2.16. The summed E-state index contributed by atoms with van der Waals surface area (Å²) in [5.74, 6) is 0.747. The molecule has 2 aromatic carbocycles. The molecule has 0 aromatic heterocycles. The minimum Gasteiger partial charge on any atom is -0.490 e. The normalized spacial score (nSPS) is 14.9. The van der Waals surface area contributed by atoms with E-state index < -0.39 is 0 Å². The zero-order valence-electron chi connectivity index (χ0n) is 14.4. The summed E-state index contributed by atoms with van der Waals surface area (Å²) < 4.78 is 11.0. The van der Waals surface area contributed by atoms with E-state index in [1.807, 2.05) is 18.2 Å². The Balaban J connectivity index is 1.37. The van der Waals surface area contributed by atoms with Gasteiger partial charge in [0.15, 0.2) is 0 Å². The van der Waals surface area contributed by atoms with Gasteiger partial charge in [0.25, 0.3) is 0 Å². The monoisotopic (exact) mass is 339 g/mol. The Kier molecular flexibility index (Phi) is 6.46. The van der Waals surface area contributed by atoms with Crippen molar-refractivity contribution in [1.29, 1.82) is 0 Å². The molecule has 0 spiro atoms. The van der Waals surface area contributed by atoms with Crippen molar-refractivity contribution in [3.63, 3.8) is 0 Å². The van der Waals surface area contributed by atoms with Crippen molar-refractivity contribution in [1.82, 2.24) is 5.32 Å². The summed E-state index contributed by atoms with van der Waals surface area (Å²) in [5.41, 5.74) is 2.54. The van der Waals surface area contributed by atoms with E-state index in [0.717, 1.165) is 38.1 Å². The Morgan fingerprint density at radius 3 is 2.32 bits per heavy atom. The van der Waals surface area contributed by atoms with Crippen LogP contribution in [0.25, 0.3) is 0 Å². The quantitative estimate of drug-likeness (QED) is 0.622. The van der Waals surface area contributed by atoms with Gasteiger partial charge in [0, 0.05) is 0 Å². The molecule has 0 bridgehead atoms. The summed E-state index contributed by atoms with van der Waals surface area (Å²) in [6.45, 7) is 2.47. The molecule has 0 radical (unpaired) electrons. The first-order valence-electron chi connectivity index (χ1n) is 8.94. The maximum atomic E-state index is 11.9. The van der Waals surface area contributed by atoms with Crippen molar-refractivity contribution < 1.29 is 14.3 Å². The van der Waals surface area contributed by atoms with Crippen LogP contribution in [0, 0.1) is 5.92 Å². The van der Waals surface area contributed by atoms with Gasteiger partial charge in [0.2, 0.25) is 0 Å². The third-order valence-corrected chi connectivity index (χ3v) is 4.44. The van der Waals surface area contributed by atoms with E-state index in [0.29, 0.717) is 13.2 Å². The molecule has 0 aliphatic carbocycles. The number of carbonyl (C=O) groups excluding carboxylic acids is 1. The van der Waals surface area contributed by atoms with Gasteiger partial charge in [-0.3, -0.25) is 4.79 Å². The summed E-state index contributed by atoms with van der Waals surface area (Å²) in [5, 5.41) is 3.25. The van der Waals surface area contributed by atoms with Crippen molar-refractivity contribution >= 4 is 5.97 Å². The highest BCUT2D eigenvalue weighted by Gasteiger charge is 2.21. The Morgan fingerprint density at radius 1 is 0.920 bits per heavy atom. The highest BCUT2D eigenvalue weighted by molar-refractivity contribution is 5.72. The Hall–Kier alpha value is -2.33. The molecule has 4 heteroatoms. The second kappa shape index (κ2) is 9.23.